The predicted molar refractivity (Wildman–Crippen MR) is 88.1 cm³/mol. The van der Waals surface area contributed by atoms with E-state index in [9.17, 15) is 4.79 Å². The Kier molecular flexibility index (Phi) is 4.24. The number of nitrogens with zero attached hydrogens (tertiary/aromatic N) is 1. The Morgan fingerprint density at radius 3 is 1.58 bits per heavy atom. The lowest BCUT2D eigenvalue weighted by molar-refractivity contribution is -0.118. The van der Waals surface area contributed by atoms with Crippen molar-refractivity contribution < 1.29 is 4.79 Å². The van der Waals surface area contributed by atoms with Crippen LogP contribution < -0.4 is 4.90 Å². The molecule has 2 rings (SSSR count). The maximum atomic E-state index is 12.7. The first-order valence-corrected chi connectivity index (χ1v) is 7.21. The van der Waals surface area contributed by atoms with Crippen LogP contribution in [0.25, 0.3) is 0 Å². The Morgan fingerprint density at radius 1 is 0.895 bits per heavy atom. The van der Waals surface area contributed by atoms with E-state index < -0.39 is 3.42 Å². The van der Waals surface area contributed by atoms with Crippen molar-refractivity contribution in [2.24, 2.45) is 0 Å². The van der Waals surface area contributed by atoms with Gasteiger partial charge in [-0.25, -0.2) is 0 Å². The zero-order valence-electron chi connectivity index (χ0n) is 11.0. The predicted octanol–water partition coefficient (Wildman–Crippen LogP) is 4.56. The van der Waals surface area contributed by atoms with Crippen LogP contribution in [-0.2, 0) is 4.79 Å². The van der Waals surface area contributed by atoms with Gasteiger partial charge in [0.15, 0.2) is 0 Å². The number of alkyl halides is 1. The molecule has 0 heterocycles. The molecular weight excluding hydrogens is 349 g/mol. The van der Waals surface area contributed by atoms with Gasteiger partial charge in [0.25, 0.3) is 0 Å². The summed E-state index contributed by atoms with van der Waals surface area (Å²) in [6, 6.07) is 19.5. The Morgan fingerprint density at radius 2 is 1.26 bits per heavy atom. The lowest BCUT2D eigenvalue weighted by Gasteiger charge is -2.28. The summed E-state index contributed by atoms with van der Waals surface area (Å²) in [5, 5.41) is 0. The summed E-state index contributed by atoms with van der Waals surface area (Å²) >= 11 is 2.18. The molecule has 2 nitrogen and oxygen atoms in total. The molecule has 0 atom stereocenters. The van der Waals surface area contributed by atoms with Crippen LogP contribution in [0.15, 0.2) is 60.7 Å². The number of hydrogen-bond acceptors (Lipinski definition) is 1. The molecule has 0 aromatic heterocycles. The molecule has 3 heteroatoms. The van der Waals surface area contributed by atoms with Gasteiger partial charge in [0.05, 0.1) is 3.42 Å². The van der Waals surface area contributed by atoms with Gasteiger partial charge in [-0.3, -0.25) is 9.69 Å². The Labute approximate surface area is 127 Å². The summed E-state index contributed by atoms with van der Waals surface area (Å²) in [5.41, 5.74) is 1.78. The molecule has 19 heavy (non-hydrogen) atoms. The minimum absolute atomic E-state index is 0.0745. The molecule has 0 N–H and O–H groups in total. The zero-order valence-corrected chi connectivity index (χ0v) is 13.2. The minimum Gasteiger partial charge on any atom is -0.280 e. The fourth-order valence-corrected chi connectivity index (χ4v) is 2.04. The summed E-state index contributed by atoms with van der Waals surface area (Å²) in [6.45, 7) is 3.85. The summed E-state index contributed by atoms with van der Waals surface area (Å²) in [6.07, 6.45) is 0. The van der Waals surface area contributed by atoms with Crippen LogP contribution in [0.4, 0.5) is 11.4 Å². The average Bonchev–Trinajstić information content (AvgIpc) is 2.40. The fourth-order valence-electron chi connectivity index (χ4n) is 1.80. The van der Waals surface area contributed by atoms with Crippen LogP contribution >= 0.6 is 22.6 Å². The van der Waals surface area contributed by atoms with E-state index in [1.807, 2.05) is 74.5 Å². The van der Waals surface area contributed by atoms with Crippen LogP contribution in [0.5, 0.6) is 0 Å². The van der Waals surface area contributed by atoms with E-state index in [0.717, 1.165) is 11.4 Å². The van der Waals surface area contributed by atoms with Gasteiger partial charge in [-0.1, -0.05) is 59.0 Å². The van der Waals surface area contributed by atoms with Gasteiger partial charge in [0.1, 0.15) is 0 Å². The van der Waals surface area contributed by atoms with Crippen molar-refractivity contribution in [3.8, 4) is 0 Å². The quantitative estimate of drug-likeness (QED) is 0.577. The first-order chi connectivity index (χ1) is 9.00. The topological polar surface area (TPSA) is 20.3 Å². The summed E-state index contributed by atoms with van der Waals surface area (Å²) in [4.78, 5) is 14.5. The standard InChI is InChI=1S/C16H16INO/c1-16(2,17)15(19)18(13-9-5-3-6-10-13)14-11-7-4-8-12-14/h3-12H,1-2H3. The number of carbonyl (C=O) groups excluding carboxylic acids is 1. The van der Waals surface area contributed by atoms with Gasteiger partial charge in [-0.05, 0) is 38.1 Å². The van der Waals surface area contributed by atoms with E-state index in [1.54, 1.807) is 4.90 Å². The SMILES string of the molecule is CC(C)(I)C(=O)N(c1ccccc1)c1ccccc1. The number of amides is 1. The first kappa shape index (κ1) is 14.1. The third-order valence-corrected chi connectivity index (χ3v) is 3.20. The minimum atomic E-state index is -0.455. The molecule has 0 aliphatic rings. The van der Waals surface area contributed by atoms with Gasteiger partial charge in [0.2, 0.25) is 5.91 Å². The number of para-hydroxylation sites is 2. The molecule has 0 aliphatic carbocycles. The normalized spacial score (nSPS) is 11.1. The average molecular weight is 365 g/mol. The fraction of sp³-hybridized carbons (Fsp3) is 0.188. The molecule has 0 unspecified atom stereocenters. The summed E-state index contributed by atoms with van der Waals surface area (Å²) in [7, 11) is 0. The molecule has 2 aromatic carbocycles. The third-order valence-electron chi connectivity index (χ3n) is 2.74. The van der Waals surface area contributed by atoms with Crippen molar-refractivity contribution >= 4 is 39.9 Å². The maximum absolute atomic E-state index is 12.7. The number of carbonyl (C=O) groups is 1. The zero-order chi connectivity index (χ0) is 13.9. The van der Waals surface area contributed by atoms with Gasteiger partial charge in [0, 0.05) is 11.4 Å². The van der Waals surface area contributed by atoms with Crippen molar-refractivity contribution in [1.29, 1.82) is 0 Å². The molecule has 2 aromatic rings. The van der Waals surface area contributed by atoms with Crippen LogP contribution in [-0.4, -0.2) is 9.33 Å². The van der Waals surface area contributed by atoms with Gasteiger partial charge in [-0.2, -0.15) is 0 Å². The highest BCUT2D eigenvalue weighted by Crippen LogP contribution is 2.31. The van der Waals surface area contributed by atoms with Gasteiger partial charge in [-0.15, -0.1) is 0 Å². The van der Waals surface area contributed by atoms with E-state index >= 15 is 0 Å². The van der Waals surface area contributed by atoms with E-state index in [0.29, 0.717) is 0 Å². The lowest BCUT2D eigenvalue weighted by Crippen LogP contribution is -2.38. The molecule has 0 bridgehead atoms. The third kappa shape index (κ3) is 3.35. The molecule has 0 aliphatic heterocycles. The number of rotatable bonds is 3. The van der Waals surface area contributed by atoms with Gasteiger partial charge < -0.3 is 0 Å². The largest absolute Gasteiger partial charge is 0.280 e. The molecule has 1 amide bonds. The molecule has 0 saturated carbocycles. The molecule has 98 valence electrons. The van der Waals surface area contributed by atoms with Crippen molar-refractivity contribution in [1.82, 2.24) is 0 Å². The molecule has 0 spiro atoms. The van der Waals surface area contributed by atoms with Crippen molar-refractivity contribution in [3.05, 3.63) is 60.7 Å². The smallest absolute Gasteiger partial charge is 0.247 e. The van der Waals surface area contributed by atoms with Crippen LogP contribution in [0, 0.1) is 0 Å². The number of anilines is 2. The highest BCUT2D eigenvalue weighted by molar-refractivity contribution is 14.1. The van der Waals surface area contributed by atoms with Gasteiger partial charge >= 0.3 is 0 Å². The Hall–Kier alpha value is -1.36. The highest BCUT2D eigenvalue weighted by Gasteiger charge is 2.30. The number of benzene rings is 2. The number of hydrogen-bond donors (Lipinski definition) is 0. The second-order valence-electron chi connectivity index (χ2n) is 4.78. The summed E-state index contributed by atoms with van der Waals surface area (Å²) in [5.74, 6) is 0.0745. The summed E-state index contributed by atoms with van der Waals surface area (Å²) < 4.78 is -0.455. The lowest BCUT2D eigenvalue weighted by atomic mass is 10.1. The maximum Gasteiger partial charge on any atom is 0.247 e. The molecule has 0 radical (unpaired) electrons. The second-order valence-corrected chi connectivity index (χ2v) is 7.48. The molecular formula is C16H16INO. The monoisotopic (exact) mass is 365 g/mol. The van der Waals surface area contributed by atoms with Crippen molar-refractivity contribution in [3.63, 3.8) is 0 Å². The highest BCUT2D eigenvalue weighted by atomic mass is 127. The van der Waals surface area contributed by atoms with Crippen molar-refractivity contribution in [2.75, 3.05) is 4.90 Å². The van der Waals surface area contributed by atoms with Crippen LogP contribution in [0.1, 0.15) is 13.8 Å². The van der Waals surface area contributed by atoms with Crippen LogP contribution in [0.3, 0.4) is 0 Å². The van der Waals surface area contributed by atoms with E-state index in [4.69, 9.17) is 0 Å². The van der Waals surface area contributed by atoms with E-state index in [-0.39, 0.29) is 5.91 Å². The van der Waals surface area contributed by atoms with Crippen LogP contribution in [0.2, 0.25) is 0 Å². The number of halogens is 1. The van der Waals surface area contributed by atoms with Crippen molar-refractivity contribution in [2.45, 2.75) is 17.3 Å². The second kappa shape index (κ2) is 5.74. The first-order valence-electron chi connectivity index (χ1n) is 6.14. The van der Waals surface area contributed by atoms with E-state index in [2.05, 4.69) is 22.6 Å². The Balaban J connectivity index is 2.49. The molecule has 0 fully saturated rings. The molecule has 0 saturated heterocycles. The Bertz CT molecular complexity index is 506. The van der Waals surface area contributed by atoms with E-state index in [1.165, 1.54) is 0 Å².